The van der Waals surface area contributed by atoms with Gasteiger partial charge in [0.1, 0.15) is 29.8 Å². The molecule has 36 heavy (non-hydrogen) atoms. The van der Waals surface area contributed by atoms with Gasteiger partial charge < -0.3 is 25.2 Å². The Morgan fingerprint density at radius 1 is 1.17 bits per heavy atom. The fourth-order valence-corrected chi connectivity index (χ4v) is 4.53. The van der Waals surface area contributed by atoms with E-state index in [1.54, 1.807) is 18.6 Å². The van der Waals surface area contributed by atoms with Crippen LogP contribution in [0.5, 0.6) is 0 Å². The average molecular weight is 489 g/mol. The van der Waals surface area contributed by atoms with Crippen LogP contribution in [0.1, 0.15) is 19.2 Å². The minimum atomic E-state index is -0.435. The highest BCUT2D eigenvalue weighted by Gasteiger charge is 2.38. The molecule has 0 spiro atoms. The molecule has 1 fully saturated rings. The van der Waals surface area contributed by atoms with E-state index in [4.69, 9.17) is 10.1 Å². The Hall–Kier alpha value is -4.19. The second-order valence-electron chi connectivity index (χ2n) is 8.54. The molecule has 3 N–H and O–H groups in total. The van der Waals surface area contributed by atoms with Gasteiger partial charge in [-0.05, 0) is 32.4 Å². The van der Waals surface area contributed by atoms with Gasteiger partial charge in [-0.2, -0.15) is 0 Å². The lowest BCUT2D eigenvalue weighted by Crippen LogP contribution is -2.44. The number of aliphatic hydroxyl groups excluding tert-OH is 1. The van der Waals surface area contributed by atoms with Crippen LogP contribution in [0.25, 0.3) is 22.6 Å². The molecule has 0 aromatic carbocycles. The van der Waals surface area contributed by atoms with Gasteiger partial charge in [-0.25, -0.2) is 29.9 Å². The Bertz CT molecular complexity index is 1340. The number of carbonyl (C=O) groups is 1. The van der Waals surface area contributed by atoms with E-state index < -0.39 is 6.04 Å². The summed E-state index contributed by atoms with van der Waals surface area (Å²) >= 11 is 0. The molecular formula is C24H28N10O2. The van der Waals surface area contributed by atoms with E-state index in [1.807, 2.05) is 41.5 Å². The van der Waals surface area contributed by atoms with Gasteiger partial charge in [0.15, 0.2) is 17.0 Å². The Balaban J connectivity index is 1.45. The maximum atomic E-state index is 12.9. The fraction of sp³-hybridized carbons (Fsp3) is 0.375. The minimum absolute atomic E-state index is 0.0899. The Kier molecular flexibility index (Phi) is 6.67. The Labute approximate surface area is 207 Å². The maximum Gasteiger partial charge on any atom is 0.242 e. The zero-order valence-corrected chi connectivity index (χ0v) is 20.2. The third kappa shape index (κ3) is 4.54. The molecule has 0 aliphatic carbocycles. The first kappa shape index (κ1) is 23.5. The highest BCUT2D eigenvalue weighted by molar-refractivity contribution is 5.88. The van der Waals surface area contributed by atoms with Gasteiger partial charge in [0, 0.05) is 44.3 Å². The zero-order valence-electron chi connectivity index (χ0n) is 20.2. The minimum Gasteiger partial charge on any atom is -0.395 e. The number of carbonyl (C=O) groups excluding carboxylic acids is 1. The molecule has 5 rings (SSSR count). The highest BCUT2D eigenvalue weighted by Crippen LogP contribution is 2.30. The van der Waals surface area contributed by atoms with Crippen molar-refractivity contribution in [2.24, 2.45) is 0 Å². The van der Waals surface area contributed by atoms with Crippen LogP contribution in [-0.2, 0) is 11.3 Å². The SMILES string of the molecule is CCn1c(-c2cnc(C)nc2)nc2c(NC3C[C@H](C(=O)NCCO)N(c4ccccn4)C3)ncnc21. The standard InChI is InChI=1S/C24H28N10O2/c1-3-33-22(16-11-27-15(2)28-12-16)32-20-21(29-14-30-23(20)33)31-17-10-18(24(36)26-8-9-35)34(13-17)19-6-4-5-7-25-19/h4-7,11-12,14,17-18,35H,3,8-10,13H2,1-2H3,(H,26,36)(H,29,30,31)/t17?,18-/m1/s1. The topological polar surface area (TPSA) is 147 Å². The molecule has 1 aliphatic heterocycles. The van der Waals surface area contributed by atoms with Crippen molar-refractivity contribution in [1.29, 1.82) is 0 Å². The number of nitrogens with zero attached hydrogens (tertiary/aromatic N) is 8. The monoisotopic (exact) mass is 488 g/mol. The van der Waals surface area contributed by atoms with E-state index >= 15 is 0 Å². The van der Waals surface area contributed by atoms with Crippen molar-refractivity contribution in [3.05, 3.63) is 48.9 Å². The number of amides is 1. The lowest BCUT2D eigenvalue weighted by molar-refractivity contribution is -0.122. The number of fused-ring (bicyclic) bond motifs is 1. The number of hydrogen-bond acceptors (Lipinski definition) is 10. The van der Waals surface area contributed by atoms with Crippen molar-refractivity contribution in [1.82, 2.24) is 39.8 Å². The molecule has 1 aliphatic rings. The van der Waals surface area contributed by atoms with Crippen LogP contribution in [0.4, 0.5) is 11.6 Å². The third-order valence-corrected chi connectivity index (χ3v) is 6.19. The third-order valence-electron chi connectivity index (χ3n) is 6.19. The second-order valence-corrected chi connectivity index (χ2v) is 8.54. The molecule has 12 heteroatoms. The normalized spacial score (nSPS) is 17.5. The molecule has 4 aromatic rings. The highest BCUT2D eigenvalue weighted by atomic mass is 16.3. The number of pyridine rings is 1. The first-order valence-corrected chi connectivity index (χ1v) is 11.9. The van der Waals surface area contributed by atoms with Crippen molar-refractivity contribution < 1.29 is 9.90 Å². The Morgan fingerprint density at radius 3 is 2.72 bits per heavy atom. The predicted octanol–water partition coefficient (Wildman–Crippen LogP) is 1.17. The molecule has 5 heterocycles. The Morgan fingerprint density at radius 2 is 2.00 bits per heavy atom. The van der Waals surface area contributed by atoms with Crippen LogP contribution in [0.2, 0.25) is 0 Å². The van der Waals surface area contributed by atoms with Crippen molar-refractivity contribution in [3.63, 3.8) is 0 Å². The fourth-order valence-electron chi connectivity index (χ4n) is 4.53. The second kappa shape index (κ2) is 10.2. The van der Waals surface area contributed by atoms with E-state index in [0.29, 0.717) is 42.3 Å². The van der Waals surface area contributed by atoms with Crippen LogP contribution < -0.4 is 15.5 Å². The lowest BCUT2D eigenvalue weighted by atomic mass is 10.1. The maximum absolute atomic E-state index is 12.9. The number of aliphatic hydroxyl groups is 1. The number of imidazole rings is 1. The smallest absolute Gasteiger partial charge is 0.242 e. The van der Waals surface area contributed by atoms with Gasteiger partial charge in [-0.1, -0.05) is 6.07 Å². The summed E-state index contributed by atoms with van der Waals surface area (Å²) in [5, 5.41) is 15.4. The molecule has 186 valence electrons. The van der Waals surface area contributed by atoms with Gasteiger partial charge in [0.2, 0.25) is 5.91 Å². The molecule has 0 saturated carbocycles. The summed E-state index contributed by atoms with van der Waals surface area (Å²) in [7, 11) is 0. The molecule has 0 bridgehead atoms. The van der Waals surface area contributed by atoms with Gasteiger partial charge in [-0.3, -0.25) is 4.79 Å². The first-order valence-electron chi connectivity index (χ1n) is 11.9. The number of aromatic nitrogens is 7. The summed E-state index contributed by atoms with van der Waals surface area (Å²) < 4.78 is 2.01. The van der Waals surface area contributed by atoms with Crippen LogP contribution in [0, 0.1) is 6.92 Å². The van der Waals surface area contributed by atoms with E-state index in [9.17, 15) is 4.79 Å². The van der Waals surface area contributed by atoms with Crippen molar-refractivity contribution >= 4 is 28.7 Å². The summed E-state index contributed by atoms with van der Waals surface area (Å²) in [6, 6.07) is 5.10. The van der Waals surface area contributed by atoms with Crippen LogP contribution in [0.15, 0.2) is 43.1 Å². The van der Waals surface area contributed by atoms with Crippen LogP contribution in [0.3, 0.4) is 0 Å². The lowest BCUT2D eigenvalue weighted by Gasteiger charge is -2.24. The summed E-state index contributed by atoms with van der Waals surface area (Å²) in [6.07, 6.45) is 7.28. The van der Waals surface area contributed by atoms with Crippen molar-refractivity contribution in [3.8, 4) is 11.4 Å². The van der Waals surface area contributed by atoms with Crippen molar-refractivity contribution in [2.45, 2.75) is 38.9 Å². The molecule has 2 atom stereocenters. The van der Waals surface area contributed by atoms with Gasteiger partial charge in [0.25, 0.3) is 0 Å². The quantitative estimate of drug-likeness (QED) is 0.330. The summed E-state index contributed by atoms with van der Waals surface area (Å²) in [6.45, 7) is 5.18. The van der Waals surface area contributed by atoms with Gasteiger partial charge in [-0.15, -0.1) is 0 Å². The van der Waals surface area contributed by atoms with Gasteiger partial charge in [0.05, 0.1) is 12.2 Å². The molecule has 1 saturated heterocycles. The van der Waals surface area contributed by atoms with Gasteiger partial charge >= 0.3 is 0 Å². The molecule has 4 aromatic heterocycles. The average Bonchev–Trinajstić information content (AvgIpc) is 3.50. The number of nitrogens with one attached hydrogen (secondary N) is 2. The van der Waals surface area contributed by atoms with E-state index in [-0.39, 0.29) is 25.1 Å². The van der Waals surface area contributed by atoms with E-state index in [0.717, 1.165) is 17.2 Å². The first-order chi connectivity index (χ1) is 17.6. The molecule has 0 radical (unpaired) electrons. The number of anilines is 2. The molecular weight excluding hydrogens is 460 g/mol. The van der Waals surface area contributed by atoms with Crippen LogP contribution in [-0.4, -0.2) is 77.3 Å². The predicted molar refractivity (Wildman–Crippen MR) is 134 cm³/mol. The number of hydrogen-bond donors (Lipinski definition) is 3. The number of rotatable bonds is 8. The van der Waals surface area contributed by atoms with Crippen molar-refractivity contribution in [2.75, 3.05) is 29.9 Å². The summed E-state index contributed by atoms with van der Waals surface area (Å²) in [5.74, 6) is 2.58. The summed E-state index contributed by atoms with van der Waals surface area (Å²) in [5.41, 5.74) is 2.16. The van der Waals surface area contributed by atoms with E-state index in [1.165, 1.54) is 6.33 Å². The number of aryl methyl sites for hydroxylation is 2. The van der Waals surface area contributed by atoms with E-state index in [2.05, 4.69) is 35.6 Å². The summed E-state index contributed by atoms with van der Waals surface area (Å²) in [4.78, 5) is 41.8. The molecule has 1 unspecified atom stereocenters. The largest absolute Gasteiger partial charge is 0.395 e. The molecule has 1 amide bonds. The zero-order chi connectivity index (χ0) is 25.1. The van der Waals surface area contributed by atoms with Crippen LogP contribution >= 0.6 is 0 Å². The molecule has 12 nitrogen and oxygen atoms in total.